The normalized spacial score (nSPS) is 15.2. The molecule has 0 bridgehead atoms. The molecule has 0 aliphatic carbocycles. The van der Waals surface area contributed by atoms with E-state index >= 15 is 0 Å². The van der Waals surface area contributed by atoms with Crippen LogP contribution < -0.4 is 11.3 Å². The van der Waals surface area contributed by atoms with Crippen molar-refractivity contribution in [1.82, 2.24) is 3.96 Å². The van der Waals surface area contributed by atoms with Gasteiger partial charge in [0.05, 0.1) is 15.6 Å². The highest BCUT2D eigenvalue weighted by atomic mass is 32.1. The average Bonchev–Trinajstić information content (AvgIpc) is 2.67. The first-order chi connectivity index (χ1) is 8.48. The molecule has 2 rings (SSSR count). The molecular weight excluding hydrogens is 244 g/mol. The number of nitrogens with two attached hydrogens (primary N) is 1. The second-order valence-corrected chi connectivity index (χ2v) is 6.47. The monoisotopic (exact) mass is 264 g/mol. The van der Waals surface area contributed by atoms with E-state index in [0.29, 0.717) is 12.5 Å². The van der Waals surface area contributed by atoms with Gasteiger partial charge in [-0.2, -0.15) is 0 Å². The van der Waals surface area contributed by atoms with Crippen LogP contribution in [0.25, 0.3) is 10.1 Å². The lowest BCUT2D eigenvalue weighted by Gasteiger charge is -2.30. The zero-order valence-electron chi connectivity index (χ0n) is 11.1. The van der Waals surface area contributed by atoms with Gasteiger partial charge in [-0.1, -0.05) is 37.5 Å². The summed E-state index contributed by atoms with van der Waals surface area (Å²) in [6.07, 6.45) is 0.913. The van der Waals surface area contributed by atoms with Gasteiger partial charge in [0.2, 0.25) is 0 Å². The van der Waals surface area contributed by atoms with Gasteiger partial charge in [-0.3, -0.25) is 8.75 Å². The zero-order chi connectivity index (χ0) is 13.3. The van der Waals surface area contributed by atoms with Crippen molar-refractivity contribution >= 4 is 21.6 Å². The predicted molar refractivity (Wildman–Crippen MR) is 78.2 cm³/mol. The zero-order valence-corrected chi connectivity index (χ0v) is 12.0. The van der Waals surface area contributed by atoms with E-state index in [1.165, 1.54) is 11.5 Å². The standard InChI is InChI=1S/C14H20N2OS/c1-10(2)8-14(3,9-15)16-13(17)11-6-4-5-7-12(11)18-16/h4-7,10H,8-9,15H2,1-3H3. The molecule has 2 N–H and O–H groups in total. The minimum Gasteiger partial charge on any atom is -0.328 e. The van der Waals surface area contributed by atoms with Crippen LogP contribution in [0, 0.1) is 5.92 Å². The number of benzene rings is 1. The van der Waals surface area contributed by atoms with Crippen LogP contribution in [0.2, 0.25) is 0 Å². The molecule has 0 amide bonds. The second-order valence-electron chi connectivity index (χ2n) is 5.49. The fraction of sp³-hybridized carbons (Fsp3) is 0.500. The van der Waals surface area contributed by atoms with Crippen molar-refractivity contribution in [2.75, 3.05) is 6.54 Å². The maximum absolute atomic E-state index is 12.4. The number of hydrogen-bond acceptors (Lipinski definition) is 3. The maximum Gasteiger partial charge on any atom is 0.269 e. The van der Waals surface area contributed by atoms with E-state index in [1.54, 1.807) is 0 Å². The molecule has 0 aliphatic heterocycles. The number of hydrogen-bond donors (Lipinski definition) is 1. The van der Waals surface area contributed by atoms with Gasteiger partial charge in [0, 0.05) is 6.54 Å². The molecule has 98 valence electrons. The van der Waals surface area contributed by atoms with Crippen LogP contribution in [0.15, 0.2) is 29.1 Å². The van der Waals surface area contributed by atoms with Gasteiger partial charge in [0.25, 0.3) is 5.56 Å². The lowest BCUT2D eigenvalue weighted by atomic mass is 9.91. The number of fused-ring (bicyclic) bond motifs is 1. The third kappa shape index (κ3) is 2.22. The molecule has 0 aliphatic rings. The third-order valence-corrected chi connectivity index (χ3v) is 4.61. The fourth-order valence-corrected chi connectivity index (χ4v) is 3.60. The van der Waals surface area contributed by atoms with E-state index in [9.17, 15) is 4.79 Å². The van der Waals surface area contributed by atoms with Crippen LogP contribution in [0.3, 0.4) is 0 Å². The Morgan fingerprint density at radius 2 is 2.06 bits per heavy atom. The molecule has 0 radical (unpaired) electrons. The molecule has 1 heterocycles. The summed E-state index contributed by atoms with van der Waals surface area (Å²) in [6.45, 7) is 6.88. The van der Waals surface area contributed by atoms with E-state index in [1.807, 2.05) is 28.2 Å². The maximum atomic E-state index is 12.4. The summed E-state index contributed by atoms with van der Waals surface area (Å²) < 4.78 is 2.89. The van der Waals surface area contributed by atoms with Crippen molar-refractivity contribution in [3.05, 3.63) is 34.6 Å². The predicted octanol–water partition coefficient (Wildman–Crippen LogP) is 2.78. The Labute approximate surface area is 111 Å². The minimum atomic E-state index is -0.283. The molecule has 0 saturated carbocycles. The van der Waals surface area contributed by atoms with E-state index in [-0.39, 0.29) is 11.1 Å². The molecule has 3 nitrogen and oxygen atoms in total. The van der Waals surface area contributed by atoms with E-state index in [4.69, 9.17) is 5.73 Å². The van der Waals surface area contributed by atoms with Gasteiger partial charge in [-0.25, -0.2) is 0 Å². The van der Waals surface area contributed by atoms with E-state index < -0.39 is 0 Å². The lowest BCUT2D eigenvalue weighted by molar-refractivity contribution is 0.279. The third-order valence-electron chi connectivity index (χ3n) is 3.27. The smallest absolute Gasteiger partial charge is 0.269 e. The van der Waals surface area contributed by atoms with Crippen LogP contribution in [-0.2, 0) is 5.54 Å². The molecule has 2 aromatic rings. The van der Waals surface area contributed by atoms with E-state index in [0.717, 1.165) is 16.5 Å². The van der Waals surface area contributed by atoms with Gasteiger partial charge in [-0.05, 0) is 31.4 Å². The van der Waals surface area contributed by atoms with Crippen molar-refractivity contribution in [1.29, 1.82) is 0 Å². The van der Waals surface area contributed by atoms with Gasteiger partial charge in [0.15, 0.2) is 0 Å². The topological polar surface area (TPSA) is 48.0 Å². The van der Waals surface area contributed by atoms with Gasteiger partial charge in [-0.15, -0.1) is 0 Å². The van der Waals surface area contributed by atoms with Crippen LogP contribution in [-0.4, -0.2) is 10.5 Å². The Morgan fingerprint density at radius 1 is 1.39 bits per heavy atom. The first kappa shape index (κ1) is 13.3. The summed E-state index contributed by atoms with van der Waals surface area (Å²) in [6, 6.07) is 7.75. The van der Waals surface area contributed by atoms with Gasteiger partial charge < -0.3 is 5.73 Å². The van der Waals surface area contributed by atoms with Gasteiger partial charge >= 0.3 is 0 Å². The number of nitrogens with zero attached hydrogens (tertiary/aromatic N) is 1. The average molecular weight is 264 g/mol. The number of aromatic nitrogens is 1. The summed E-state index contributed by atoms with van der Waals surface area (Å²) in [5.41, 5.74) is 5.73. The molecule has 0 fully saturated rings. The first-order valence-corrected chi connectivity index (χ1v) is 7.07. The molecule has 1 aromatic heterocycles. The molecule has 1 atom stereocenters. The Bertz CT molecular complexity index is 599. The van der Waals surface area contributed by atoms with Gasteiger partial charge in [0.1, 0.15) is 0 Å². The Hall–Kier alpha value is -1.13. The molecular formula is C14H20N2OS. The fourth-order valence-electron chi connectivity index (χ4n) is 2.46. The highest BCUT2D eigenvalue weighted by molar-refractivity contribution is 7.13. The van der Waals surface area contributed by atoms with Crippen molar-refractivity contribution < 1.29 is 0 Å². The second kappa shape index (κ2) is 4.86. The molecule has 0 saturated heterocycles. The van der Waals surface area contributed by atoms with Crippen molar-refractivity contribution in [3.8, 4) is 0 Å². The quantitative estimate of drug-likeness (QED) is 0.923. The summed E-state index contributed by atoms with van der Waals surface area (Å²) in [7, 11) is 0. The first-order valence-electron chi connectivity index (χ1n) is 6.29. The van der Waals surface area contributed by atoms with Crippen LogP contribution in [0.4, 0.5) is 0 Å². The SMILES string of the molecule is CC(C)CC(C)(CN)n1sc2ccccc2c1=O. The molecule has 18 heavy (non-hydrogen) atoms. The van der Waals surface area contributed by atoms with Crippen LogP contribution in [0.1, 0.15) is 27.2 Å². The molecule has 1 unspecified atom stereocenters. The Balaban J connectivity index is 2.58. The summed E-state index contributed by atoms with van der Waals surface area (Å²) in [5.74, 6) is 0.510. The van der Waals surface area contributed by atoms with E-state index in [2.05, 4.69) is 20.8 Å². The Kier molecular flexibility index (Phi) is 3.59. The van der Waals surface area contributed by atoms with Crippen molar-refractivity contribution in [2.24, 2.45) is 11.7 Å². The van der Waals surface area contributed by atoms with Crippen LogP contribution >= 0.6 is 11.5 Å². The highest BCUT2D eigenvalue weighted by Crippen LogP contribution is 2.28. The number of rotatable bonds is 4. The Morgan fingerprint density at radius 3 is 2.61 bits per heavy atom. The summed E-state index contributed by atoms with van der Waals surface area (Å²) >= 11 is 1.52. The highest BCUT2D eigenvalue weighted by Gasteiger charge is 2.29. The summed E-state index contributed by atoms with van der Waals surface area (Å²) in [5, 5.41) is 0.797. The largest absolute Gasteiger partial charge is 0.328 e. The molecule has 1 aromatic carbocycles. The summed E-state index contributed by atoms with van der Waals surface area (Å²) in [4.78, 5) is 12.4. The van der Waals surface area contributed by atoms with Crippen LogP contribution in [0.5, 0.6) is 0 Å². The van der Waals surface area contributed by atoms with Crippen molar-refractivity contribution in [2.45, 2.75) is 32.7 Å². The molecule has 4 heteroatoms. The van der Waals surface area contributed by atoms with Crippen molar-refractivity contribution in [3.63, 3.8) is 0 Å². The minimum absolute atomic E-state index is 0.0872. The lowest BCUT2D eigenvalue weighted by Crippen LogP contribution is -2.42. The molecule has 0 spiro atoms.